The Labute approximate surface area is 140 Å². The summed E-state index contributed by atoms with van der Waals surface area (Å²) in [4.78, 5) is 12.2. The number of aryl methyl sites for hydroxylation is 1. The summed E-state index contributed by atoms with van der Waals surface area (Å²) in [5.41, 5.74) is 2.02. The number of halogens is 1. The summed E-state index contributed by atoms with van der Waals surface area (Å²) in [7, 11) is 0. The van der Waals surface area contributed by atoms with Crippen LogP contribution in [0.25, 0.3) is 0 Å². The maximum Gasteiger partial charge on any atom is 0.265 e. The Kier molecular flexibility index (Phi) is 5.61. The Morgan fingerprint density at radius 1 is 1.35 bits per heavy atom. The van der Waals surface area contributed by atoms with Crippen molar-refractivity contribution in [2.45, 2.75) is 26.4 Å². The summed E-state index contributed by atoms with van der Waals surface area (Å²) >= 11 is 6.07. The van der Waals surface area contributed by atoms with Crippen LogP contribution in [0.4, 0.5) is 5.69 Å². The van der Waals surface area contributed by atoms with Gasteiger partial charge in [-0.15, -0.1) is 0 Å². The zero-order valence-electron chi connectivity index (χ0n) is 13.0. The summed E-state index contributed by atoms with van der Waals surface area (Å²) in [6.07, 6.45) is 0.115. The van der Waals surface area contributed by atoms with Crippen LogP contribution in [-0.4, -0.2) is 12.0 Å². The van der Waals surface area contributed by atoms with E-state index in [1.54, 1.807) is 43.3 Å². The van der Waals surface area contributed by atoms with E-state index in [2.05, 4.69) is 5.32 Å². The first-order valence-electron chi connectivity index (χ1n) is 7.29. The van der Waals surface area contributed by atoms with Crippen molar-refractivity contribution in [2.24, 2.45) is 0 Å². The number of nitrogens with one attached hydrogen (secondary N) is 1. The minimum Gasteiger partial charge on any atom is -0.481 e. The first-order valence-corrected chi connectivity index (χ1v) is 7.67. The highest BCUT2D eigenvalue weighted by Crippen LogP contribution is 2.23. The molecule has 23 heavy (non-hydrogen) atoms. The zero-order chi connectivity index (χ0) is 16.8. The lowest BCUT2D eigenvalue weighted by Gasteiger charge is -2.15. The van der Waals surface area contributed by atoms with E-state index in [0.717, 1.165) is 12.0 Å². The lowest BCUT2D eigenvalue weighted by atomic mass is 10.1. The van der Waals surface area contributed by atoms with Gasteiger partial charge in [-0.2, -0.15) is 5.26 Å². The van der Waals surface area contributed by atoms with Gasteiger partial charge < -0.3 is 10.1 Å². The quantitative estimate of drug-likeness (QED) is 0.895. The van der Waals surface area contributed by atoms with E-state index in [4.69, 9.17) is 21.6 Å². The van der Waals surface area contributed by atoms with E-state index >= 15 is 0 Å². The number of benzene rings is 2. The molecule has 0 aliphatic heterocycles. The van der Waals surface area contributed by atoms with Gasteiger partial charge in [0, 0.05) is 10.7 Å². The summed E-state index contributed by atoms with van der Waals surface area (Å²) in [6, 6.07) is 14.1. The molecule has 0 radical (unpaired) electrons. The molecule has 0 bridgehead atoms. The molecular weight excluding hydrogens is 312 g/mol. The van der Waals surface area contributed by atoms with Crippen LogP contribution >= 0.6 is 11.6 Å². The molecule has 0 saturated heterocycles. The molecule has 2 rings (SSSR count). The van der Waals surface area contributed by atoms with Gasteiger partial charge in [-0.1, -0.05) is 24.6 Å². The van der Waals surface area contributed by atoms with E-state index in [1.807, 2.05) is 19.1 Å². The molecule has 0 aromatic heterocycles. The Hall–Kier alpha value is -2.51. The van der Waals surface area contributed by atoms with Crippen LogP contribution in [0.5, 0.6) is 5.75 Å². The Bertz CT molecular complexity index is 753. The average molecular weight is 329 g/mol. The van der Waals surface area contributed by atoms with Crippen molar-refractivity contribution in [1.82, 2.24) is 0 Å². The minimum absolute atomic E-state index is 0.284. The lowest BCUT2D eigenvalue weighted by molar-refractivity contribution is -0.122. The second-order valence-electron chi connectivity index (χ2n) is 5.05. The van der Waals surface area contributed by atoms with Crippen molar-refractivity contribution >= 4 is 23.2 Å². The van der Waals surface area contributed by atoms with E-state index in [9.17, 15) is 4.79 Å². The molecule has 0 aliphatic rings. The second-order valence-corrected chi connectivity index (χ2v) is 5.46. The highest BCUT2D eigenvalue weighted by atomic mass is 35.5. The monoisotopic (exact) mass is 328 g/mol. The molecule has 1 amide bonds. The molecule has 1 atom stereocenters. The minimum atomic E-state index is -0.674. The fourth-order valence-electron chi connectivity index (χ4n) is 2.06. The number of nitriles is 1. The van der Waals surface area contributed by atoms with E-state index < -0.39 is 6.10 Å². The molecule has 1 N–H and O–H groups in total. The number of anilines is 1. The molecule has 0 fully saturated rings. The number of hydrogen-bond donors (Lipinski definition) is 1. The number of rotatable bonds is 5. The molecule has 0 aliphatic carbocycles. The van der Waals surface area contributed by atoms with Crippen LogP contribution in [0.15, 0.2) is 42.5 Å². The fraction of sp³-hybridized carbons (Fsp3) is 0.222. The molecule has 1 unspecified atom stereocenters. The summed E-state index contributed by atoms with van der Waals surface area (Å²) < 4.78 is 5.67. The molecule has 2 aromatic rings. The lowest BCUT2D eigenvalue weighted by Crippen LogP contribution is -2.30. The number of ether oxygens (including phenoxy) is 1. The van der Waals surface area contributed by atoms with Gasteiger partial charge >= 0.3 is 0 Å². The van der Waals surface area contributed by atoms with Crippen molar-refractivity contribution in [2.75, 3.05) is 5.32 Å². The predicted molar refractivity (Wildman–Crippen MR) is 90.7 cm³/mol. The molecule has 4 nitrogen and oxygen atoms in total. The van der Waals surface area contributed by atoms with E-state index in [0.29, 0.717) is 22.0 Å². The first kappa shape index (κ1) is 16.9. The molecule has 0 saturated carbocycles. The summed E-state index contributed by atoms with van der Waals surface area (Å²) in [5, 5.41) is 12.3. The topological polar surface area (TPSA) is 62.1 Å². The van der Waals surface area contributed by atoms with Gasteiger partial charge in [-0.25, -0.2) is 0 Å². The Balaban J connectivity index is 2.04. The first-order chi connectivity index (χ1) is 11.0. The van der Waals surface area contributed by atoms with Gasteiger partial charge in [-0.05, 0) is 55.3 Å². The van der Waals surface area contributed by atoms with Crippen molar-refractivity contribution in [3.63, 3.8) is 0 Å². The van der Waals surface area contributed by atoms with Crippen LogP contribution in [0.1, 0.15) is 25.0 Å². The summed E-state index contributed by atoms with van der Waals surface area (Å²) in [6.45, 7) is 3.67. The van der Waals surface area contributed by atoms with Gasteiger partial charge in [0.05, 0.1) is 11.6 Å². The van der Waals surface area contributed by atoms with Crippen LogP contribution in [0.3, 0.4) is 0 Å². The molecule has 0 spiro atoms. The highest BCUT2D eigenvalue weighted by molar-refractivity contribution is 6.31. The van der Waals surface area contributed by atoms with Crippen LogP contribution in [-0.2, 0) is 11.2 Å². The Morgan fingerprint density at radius 2 is 2.13 bits per heavy atom. The Morgan fingerprint density at radius 3 is 2.83 bits per heavy atom. The molecule has 2 aromatic carbocycles. The van der Waals surface area contributed by atoms with Gasteiger partial charge in [0.15, 0.2) is 6.10 Å². The van der Waals surface area contributed by atoms with Crippen LogP contribution in [0.2, 0.25) is 5.02 Å². The maximum atomic E-state index is 12.2. The average Bonchev–Trinajstić information content (AvgIpc) is 2.56. The predicted octanol–water partition coefficient (Wildman–Crippen LogP) is 4.18. The standard InChI is InChI=1S/C18H17ClN2O2/c1-3-14-10-16(7-8-17(14)19)23-12(2)18(22)21-15-6-4-5-13(9-15)11-20/h4-10,12H,3H2,1-2H3,(H,21,22). The normalized spacial score (nSPS) is 11.4. The van der Waals surface area contributed by atoms with Crippen molar-refractivity contribution < 1.29 is 9.53 Å². The van der Waals surface area contributed by atoms with E-state index in [1.165, 1.54) is 0 Å². The van der Waals surface area contributed by atoms with Crippen LogP contribution in [0, 0.1) is 11.3 Å². The zero-order valence-corrected chi connectivity index (χ0v) is 13.7. The number of carbonyl (C=O) groups excluding carboxylic acids is 1. The fourth-order valence-corrected chi connectivity index (χ4v) is 2.31. The molecule has 5 heteroatoms. The number of hydrogen-bond acceptors (Lipinski definition) is 3. The van der Waals surface area contributed by atoms with Crippen molar-refractivity contribution in [3.8, 4) is 11.8 Å². The number of carbonyl (C=O) groups is 1. The smallest absolute Gasteiger partial charge is 0.265 e. The third-order valence-electron chi connectivity index (χ3n) is 3.34. The number of nitrogens with zero attached hydrogens (tertiary/aromatic N) is 1. The largest absolute Gasteiger partial charge is 0.481 e. The van der Waals surface area contributed by atoms with Gasteiger partial charge in [0.1, 0.15) is 5.75 Å². The van der Waals surface area contributed by atoms with Gasteiger partial charge in [-0.3, -0.25) is 4.79 Å². The SMILES string of the molecule is CCc1cc(OC(C)C(=O)Nc2cccc(C#N)c2)ccc1Cl. The summed E-state index contributed by atoms with van der Waals surface area (Å²) in [5.74, 6) is 0.313. The molecule has 118 valence electrons. The third-order valence-corrected chi connectivity index (χ3v) is 3.71. The van der Waals surface area contributed by atoms with Gasteiger partial charge in [0.2, 0.25) is 0 Å². The van der Waals surface area contributed by atoms with Crippen molar-refractivity contribution in [3.05, 3.63) is 58.6 Å². The van der Waals surface area contributed by atoms with Crippen molar-refractivity contribution in [1.29, 1.82) is 5.26 Å². The molecular formula is C18H17ClN2O2. The highest BCUT2D eigenvalue weighted by Gasteiger charge is 2.15. The van der Waals surface area contributed by atoms with Gasteiger partial charge in [0.25, 0.3) is 5.91 Å². The van der Waals surface area contributed by atoms with E-state index in [-0.39, 0.29) is 5.91 Å². The van der Waals surface area contributed by atoms with Crippen LogP contribution < -0.4 is 10.1 Å². The maximum absolute atomic E-state index is 12.2. The third kappa shape index (κ3) is 4.48. The molecule has 0 heterocycles. The number of amides is 1. The second kappa shape index (κ2) is 7.66.